The molecule has 3 N–H and O–H groups in total. The highest BCUT2D eigenvalue weighted by molar-refractivity contribution is 9.10. The van der Waals surface area contributed by atoms with E-state index in [-0.39, 0.29) is 6.03 Å². The van der Waals surface area contributed by atoms with Crippen molar-refractivity contribution in [3.8, 4) is 5.75 Å². The van der Waals surface area contributed by atoms with Gasteiger partial charge in [-0.2, -0.15) is 0 Å². The van der Waals surface area contributed by atoms with Gasteiger partial charge in [-0.05, 0) is 71.4 Å². The zero-order valence-corrected chi connectivity index (χ0v) is 14.5. The molecule has 0 atom stereocenters. The maximum atomic E-state index is 11.5. The summed E-state index contributed by atoms with van der Waals surface area (Å²) in [5.74, 6) is 1.25. The normalized spacial score (nSPS) is 14.7. The second-order valence-electron chi connectivity index (χ2n) is 4.21. The van der Waals surface area contributed by atoms with Crippen LogP contribution in [0.5, 0.6) is 5.75 Å². The predicted molar refractivity (Wildman–Crippen MR) is 93.9 cm³/mol. The molecule has 7 heteroatoms. The minimum absolute atomic E-state index is 0.269. The fraction of sp³-hybridized carbons (Fsp3) is 0.133. The van der Waals surface area contributed by atoms with Crippen molar-refractivity contribution in [3.63, 3.8) is 0 Å². The predicted octanol–water partition coefficient (Wildman–Crippen LogP) is 4.16. The average Bonchev–Trinajstić information content (AvgIpc) is 2.52. The monoisotopic (exact) mass is 381 g/mol. The summed E-state index contributed by atoms with van der Waals surface area (Å²) in [4.78, 5) is 12.4. The lowest BCUT2D eigenvalue weighted by Gasteiger charge is -2.21. The molecule has 0 radical (unpaired) electrons. The Bertz CT molecular complexity index is 656. The van der Waals surface area contributed by atoms with Crippen molar-refractivity contribution in [2.45, 2.75) is 11.8 Å². The average molecular weight is 382 g/mol. The largest absolute Gasteiger partial charge is 0.454 e. The van der Waals surface area contributed by atoms with Crippen molar-refractivity contribution in [3.05, 3.63) is 52.9 Å². The summed E-state index contributed by atoms with van der Waals surface area (Å²) in [6.07, 6.45) is 9.24. The second kappa shape index (κ2) is 7.95. The first-order valence-electron chi connectivity index (χ1n) is 6.56. The van der Waals surface area contributed by atoms with Crippen LogP contribution in [0.2, 0.25) is 0 Å². The van der Waals surface area contributed by atoms with E-state index in [4.69, 9.17) is 4.74 Å². The number of carbonyl (C=O) groups excluding carboxylic acids is 1. The summed E-state index contributed by atoms with van der Waals surface area (Å²) in [7, 11) is 1.83. The number of benzene rings is 1. The van der Waals surface area contributed by atoms with Crippen LogP contribution >= 0.6 is 27.9 Å². The summed E-state index contributed by atoms with van der Waals surface area (Å²) >= 11 is 4.72. The molecule has 0 aliphatic carbocycles. The van der Waals surface area contributed by atoms with Crippen LogP contribution in [0.25, 0.3) is 0 Å². The smallest absolute Gasteiger partial charge is 0.329 e. The van der Waals surface area contributed by atoms with Crippen LogP contribution in [-0.2, 0) is 0 Å². The fourth-order valence-electron chi connectivity index (χ4n) is 1.69. The summed E-state index contributed by atoms with van der Waals surface area (Å²) in [5, 5.41) is 5.68. The number of anilines is 1. The summed E-state index contributed by atoms with van der Waals surface area (Å²) in [6.45, 7) is 1.89. The second-order valence-corrected chi connectivity index (χ2v) is 5.91. The first-order valence-corrected chi connectivity index (χ1v) is 8.17. The van der Waals surface area contributed by atoms with E-state index in [0.717, 1.165) is 9.37 Å². The number of rotatable bonds is 5. The Labute approximate surface area is 142 Å². The molecule has 1 aliphatic heterocycles. The van der Waals surface area contributed by atoms with Gasteiger partial charge in [0.15, 0.2) is 5.75 Å². The quantitative estimate of drug-likeness (QED) is 0.407. The van der Waals surface area contributed by atoms with Gasteiger partial charge in [0.05, 0.1) is 9.37 Å². The molecule has 0 aromatic heterocycles. The molecule has 0 saturated heterocycles. The fourth-order valence-corrected chi connectivity index (χ4v) is 2.74. The lowest BCUT2D eigenvalue weighted by Crippen LogP contribution is -2.27. The van der Waals surface area contributed by atoms with Gasteiger partial charge in [-0.3, -0.25) is 4.72 Å². The van der Waals surface area contributed by atoms with Crippen molar-refractivity contribution in [1.82, 2.24) is 10.0 Å². The van der Waals surface area contributed by atoms with Crippen molar-refractivity contribution < 1.29 is 9.53 Å². The lowest BCUT2D eigenvalue weighted by molar-refractivity contribution is 0.256. The number of ether oxygens (including phenoxy) is 1. The van der Waals surface area contributed by atoms with Gasteiger partial charge in [-0.1, -0.05) is 6.08 Å². The summed E-state index contributed by atoms with van der Waals surface area (Å²) in [5.41, 5.74) is 0.654. The molecule has 1 aliphatic rings. The Kier molecular flexibility index (Phi) is 5.97. The van der Waals surface area contributed by atoms with Crippen molar-refractivity contribution in [2.24, 2.45) is 0 Å². The number of fused-ring (bicyclic) bond motifs is 1. The molecule has 1 heterocycles. The van der Waals surface area contributed by atoms with E-state index in [2.05, 4.69) is 31.3 Å². The maximum absolute atomic E-state index is 11.5. The third-order valence-electron chi connectivity index (χ3n) is 2.70. The highest BCUT2D eigenvalue weighted by atomic mass is 79.9. The van der Waals surface area contributed by atoms with Gasteiger partial charge >= 0.3 is 6.03 Å². The molecule has 0 spiro atoms. The van der Waals surface area contributed by atoms with Gasteiger partial charge in [0.2, 0.25) is 0 Å². The number of urea groups is 1. The van der Waals surface area contributed by atoms with E-state index in [1.807, 2.05) is 56.6 Å². The van der Waals surface area contributed by atoms with Crippen molar-refractivity contribution >= 4 is 39.6 Å². The Balaban J connectivity index is 2.26. The topological polar surface area (TPSA) is 62.4 Å². The van der Waals surface area contributed by atoms with E-state index < -0.39 is 0 Å². The van der Waals surface area contributed by atoms with Gasteiger partial charge in [-0.25, -0.2) is 4.79 Å². The van der Waals surface area contributed by atoms with Crippen LogP contribution in [0.15, 0.2) is 57.8 Å². The molecule has 116 valence electrons. The van der Waals surface area contributed by atoms with Crippen molar-refractivity contribution in [2.75, 3.05) is 12.4 Å². The first-order chi connectivity index (χ1) is 10.7. The molecule has 0 fully saturated rings. The standard InChI is InChI=1S/C15H16BrN3O2S/c1-3-10(6-4-5-9-17-2)21-14-11(16)7-8-12-13(14)18-15(20)19-22-12/h3-9,17H,1-2H3,(H2,18,19,20)/b6-4-,9-5-,10-3+. The number of halogens is 1. The Morgan fingerprint density at radius 1 is 1.41 bits per heavy atom. The summed E-state index contributed by atoms with van der Waals surface area (Å²) in [6, 6.07) is 3.53. The number of hydrogen-bond donors (Lipinski definition) is 3. The van der Waals surface area contributed by atoms with Crippen LogP contribution in [0, 0.1) is 0 Å². The molecule has 1 aromatic carbocycles. The van der Waals surface area contributed by atoms with Crippen molar-refractivity contribution in [1.29, 1.82) is 0 Å². The van der Waals surface area contributed by atoms with E-state index in [1.54, 1.807) is 0 Å². The van der Waals surface area contributed by atoms with E-state index in [1.165, 1.54) is 11.9 Å². The van der Waals surface area contributed by atoms with E-state index >= 15 is 0 Å². The zero-order chi connectivity index (χ0) is 15.9. The third kappa shape index (κ3) is 4.08. The number of hydrogen-bond acceptors (Lipinski definition) is 4. The first kappa shape index (κ1) is 16.5. The van der Waals surface area contributed by atoms with Crippen LogP contribution in [0.4, 0.5) is 10.5 Å². The number of carbonyl (C=O) groups is 1. The van der Waals surface area contributed by atoms with Gasteiger partial charge in [-0.15, -0.1) is 0 Å². The zero-order valence-electron chi connectivity index (χ0n) is 12.1. The Morgan fingerprint density at radius 3 is 2.95 bits per heavy atom. The van der Waals surface area contributed by atoms with Crippen LogP contribution in [0.3, 0.4) is 0 Å². The highest BCUT2D eigenvalue weighted by Crippen LogP contribution is 2.42. The van der Waals surface area contributed by atoms with Gasteiger partial charge in [0, 0.05) is 7.05 Å². The number of allylic oxidation sites excluding steroid dienone is 4. The minimum atomic E-state index is -0.269. The molecule has 0 bridgehead atoms. The lowest BCUT2D eigenvalue weighted by atomic mass is 10.3. The SMILES string of the molecule is C\C=C(/C=C\C=C/NC)Oc1c(Br)ccc2c1NC(=O)NS2. The Morgan fingerprint density at radius 2 is 2.23 bits per heavy atom. The summed E-state index contributed by atoms with van der Waals surface area (Å²) < 4.78 is 9.36. The molecule has 2 rings (SSSR count). The molecule has 5 nitrogen and oxygen atoms in total. The molecule has 1 aromatic rings. The minimum Gasteiger partial charge on any atom is -0.454 e. The third-order valence-corrected chi connectivity index (χ3v) is 4.17. The van der Waals surface area contributed by atoms with E-state index in [9.17, 15) is 4.79 Å². The molecule has 0 unspecified atom stereocenters. The van der Waals surface area contributed by atoms with Gasteiger partial charge < -0.3 is 15.4 Å². The van der Waals surface area contributed by atoms with Crippen LogP contribution < -0.4 is 20.1 Å². The molecule has 2 amide bonds. The van der Waals surface area contributed by atoms with Gasteiger partial charge in [0.25, 0.3) is 0 Å². The van der Waals surface area contributed by atoms with Crippen LogP contribution in [-0.4, -0.2) is 13.1 Å². The molecule has 0 saturated carbocycles. The van der Waals surface area contributed by atoms with Gasteiger partial charge in [0.1, 0.15) is 11.4 Å². The highest BCUT2D eigenvalue weighted by Gasteiger charge is 2.21. The Hall–Kier alpha value is -1.86. The number of amides is 2. The molecular formula is C15H16BrN3O2S. The molecular weight excluding hydrogens is 366 g/mol. The number of nitrogens with one attached hydrogen (secondary N) is 3. The maximum Gasteiger partial charge on any atom is 0.329 e. The molecule has 22 heavy (non-hydrogen) atoms. The van der Waals surface area contributed by atoms with Crippen LogP contribution in [0.1, 0.15) is 6.92 Å². The van der Waals surface area contributed by atoms with E-state index in [0.29, 0.717) is 17.2 Å².